The number of amides is 1. The third-order valence-electron chi connectivity index (χ3n) is 4.33. The number of nitrogens with zero attached hydrogens (tertiary/aromatic N) is 2. The van der Waals surface area contributed by atoms with E-state index >= 15 is 0 Å². The number of benzene rings is 1. The van der Waals surface area contributed by atoms with E-state index in [1.807, 2.05) is 31.2 Å². The second kappa shape index (κ2) is 8.44. The van der Waals surface area contributed by atoms with E-state index in [1.54, 1.807) is 29.8 Å². The SMILES string of the molecule is Cc1cccc(CN(C)C(=O)c2ccc(CSc3c(C)cccc3C)o2)n1. The first-order valence-electron chi connectivity index (χ1n) is 8.90. The summed E-state index contributed by atoms with van der Waals surface area (Å²) in [6, 6.07) is 15.7. The van der Waals surface area contributed by atoms with E-state index in [0.29, 0.717) is 18.1 Å². The van der Waals surface area contributed by atoms with E-state index in [-0.39, 0.29) is 5.91 Å². The molecule has 0 fully saturated rings. The minimum absolute atomic E-state index is 0.137. The number of carbonyl (C=O) groups excluding carboxylic acids is 1. The Morgan fingerprint density at radius 2 is 1.74 bits per heavy atom. The molecule has 0 saturated carbocycles. The molecule has 0 N–H and O–H groups in total. The minimum Gasteiger partial charge on any atom is -0.455 e. The van der Waals surface area contributed by atoms with Gasteiger partial charge in [-0.15, -0.1) is 11.8 Å². The lowest BCUT2D eigenvalue weighted by atomic mass is 10.2. The summed E-state index contributed by atoms with van der Waals surface area (Å²) in [5.74, 6) is 1.72. The van der Waals surface area contributed by atoms with E-state index in [9.17, 15) is 4.79 Å². The fourth-order valence-electron chi connectivity index (χ4n) is 2.93. The van der Waals surface area contributed by atoms with Crippen molar-refractivity contribution in [1.82, 2.24) is 9.88 Å². The van der Waals surface area contributed by atoms with Crippen LogP contribution in [-0.2, 0) is 12.3 Å². The van der Waals surface area contributed by atoms with Crippen LogP contribution in [0.15, 0.2) is 57.8 Å². The summed E-state index contributed by atoms with van der Waals surface area (Å²) in [7, 11) is 1.76. The molecule has 0 aliphatic rings. The predicted octanol–water partition coefficient (Wildman–Crippen LogP) is 5.16. The van der Waals surface area contributed by atoms with Gasteiger partial charge in [-0.3, -0.25) is 9.78 Å². The van der Waals surface area contributed by atoms with Crippen LogP contribution < -0.4 is 0 Å². The quantitative estimate of drug-likeness (QED) is 0.554. The Hall–Kier alpha value is -2.53. The first-order valence-corrected chi connectivity index (χ1v) is 9.88. The molecule has 3 rings (SSSR count). The molecule has 2 aromatic heterocycles. The van der Waals surface area contributed by atoms with Gasteiger partial charge in [-0.25, -0.2) is 0 Å². The molecule has 3 aromatic rings. The van der Waals surface area contributed by atoms with Gasteiger partial charge in [0.15, 0.2) is 5.76 Å². The van der Waals surface area contributed by atoms with Crippen LogP contribution in [-0.4, -0.2) is 22.8 Å². The topological polar surface area (TPSA) is 46.3 Å². The Labute approximate surface area is 164 Å². The summed E-state index contributed by atoms with van der Waals surface area (Å²) < 4.78 is 5.80. The molecule has 0 spiro atoms. The van der Waals surface area contributed by atoms with Crippen LogP contribution in [0.2, 0.25) is 0 Å². The highest BCUT2D eigenvalue weighted by molar-refractivity contribution is 7.98. The number of furan rings is 1. The van der Waals surface area contributed by atoms with Crippen molar-refractivity contribution in [2.45, 2.75) is 38.0 Å². The second-order valence-electron chi connectivity index (χ2n) is 6.71. The van der Waals surface area contributed by atoms with Crippen molar-refractivity contribution < 1.29 is 9.21 Å². The standard InChI is InChI=1S/C22H24N2O2S/c1-15-7-5-8-16(2)21(15)27-14-19-11-12-20(26-19)22(25)24(4)13-18-10-6-9-17(3)23-18/h5-12H,13-14H2,1-4H3. The molecule has 0 aliphatic heterocycles. The molecule has 0 aliphatic carbocycles. The van der Waals surface area contributed by atoms with Gasteiger partial charge < -0.3 is 9.32 Å². The van der Waals surface area contributed by atoms with E-state index in [4.69, 9.17) is 4.42 Å². The summed E-state index contributed by atoms with van der Waals surface area (Å²) in [5.41, 5.74) is 4.32. The van der Waals surface area contributed by atoms with Gasteiger partial charge in [-0.2, -0.15) is 0 Å². The van der Waals surface area contributed by atoms with Crippen LogP contribution in [0.5, 0.6) is 0 Å². The Kier molecular flexibility index (Phi) is 6.01. The first kappa shape index (κ1) is 19.2. The molecule has 0 bridgehead atoms. The zero-order valence-corrected chi connectivity index (χ0v) is 17.0. The lowest BCUT2D eigenvalue weighted by Crippen LogP contribution is -2.26. The molecule has 140 valence electrons. The zero-order chi connectivity index (χ0) is 19.4. The van der Waals surface area contributed by atoms with Gasteiger partial charge in [0.25, 0.3) is 5.91 Å². The van der Waals surface area contributed by atoms with Crippen LogP contribution in [0.4, 0.5) is 0 Å². The number of hydrogen-bond acceptors (Lipinski definition) is 4. The summed E-state index contributed by atoms with van der Waals surface area (Å²) in [4.78, 5) is 20.0. The number of aromatic nitrogens is 1. The molecule has 0 saturated heterocycles. The molecule has 0 atom stereocenters. The molecule has 5 heteroatoms. The second-order valence-corrected chi connectivity index (χ2v) is 7.69. The maximum Gasteiger partial charge on any atom is 0.289 e. The van der Waals surface area contributed by atoms with Crippen molar-refractivity contribution in [3.8, 4) is 0 Å². The number of aryl methyl sites for hydroxylation is 3. The Morgan fingerprint density at radius 1 is 1.04 bits per heavy atom. The van der Waals surface area contributed by atoms with Crippen LogP contribution in [0.25, 0.3) is 0 Å². The van der Waals surface area contributed by atoms with Crippen molar-refractivity contribution in [2.75, 3.05) is 7.05 Å². The summed E-state index contributed by atoms with van der Waals surface area (Å²) in [5, 5.41) is 0. The highest BCUT2D eigenvalue weighted by Crippen LogP contribution is 2.29. The molecule has 1 aromatic carbocycles. The number of thioether (sulfide) groups is 1. The molecule has 0 radical (unpaired) electrons. The van der Waals surface area contributed by atoms with E-state index in [0.717, 1.165) is 17.1 Å². The summed E-state index contributed by atoms with van der Waals surface area (Å²) >= 11 is 1.74. The van der Waals surface area contributed by atoms with Crippen molar-refractivity contribution >= 4 is 17.7 Å². The van der Waals surface area contributed by atoms with Crippen LogP contribution in [0.1, 0.15) is 38.8 Å². The largest absolute Gasteiger partial charge is 0.455 e. The summed E-state index contributed by atoms with van der Waals surface area (Å²) in [6.07, 6.45) is 0. The van der Waals surface area contributed by atoms with Gasteiger partial charge in [0.2, 0.25) is 0 Å². The average Bonchev–Trinajstić information content (AvgIpc) is 3.09. The summed E-state index contributed by atoms with van der Waals surface area (Å²) in [6.45, 7) is 6.62. The molecule has 2 heterocycles. The van der Waals surface area contributed by atoms with E-state index < -0.39 is 0 Å². The van der Waals surface area contributed by atoms with Crippen molar-refractivity contribution in [2.24, 2.45) is 0 Å². The normalized spacial score (nSPS) is 10.8. The van der Waals surface area contributed by atoms with Crippen LogP contribution in [0.3, 0.4) is 0 Å². The monoisotopic (exact) mass is 380 g/mol. The third kappa shape index (κ3) is 4.80. The van der Waals surface area contributed by atoms with E-state index in [1.165, 1.54) is 16.0 Å². The Balaban J connectivity index is 1.63. The highest BCUT2D eigenvalue weighted by atomic mass is 32.2. The average molecular weight is 381 g/mol. The smallest absolute Gasteiger partial charge is 0.289 e. The molecular formula is C22H24N2O2S. The van der Waals surface area contributed by atoms with E-state index in [2.05, 4.69) is 37.0 Å². The lowest BCUT2D eigenvalue weighted by molar-refractivity contribution is 0.0750. The minimum atomic E-state index is -0.137. The van der Waals surface area contributed by atoms with Crippen molar-refractivity contribution in [1.29, 1.82) is 0 Å². The van der Waals surface area contributed by atoms with Gasteiger partial charge in [0.05, 0.1) is 18.0 Å². The number of hydrogen-bond donors (Lipinski definition) is 0. The molecule has 0 unspecified atom stereocenters. The number of carbonyl (C=O) groups is 1. The highest BCUT2D eigenvalue weighted by Gasteiger charge is 2.17. The zero-order valence-electron chi connectivity index (χ0n) is 16.2. The van der Waals surface area contributed by atoms with Gasteiger partial charge in [0.1, 0.15) is 5.76 Å². The molecular weight excluding hydrogens is 356 g/mol. The van der Waals surface area contributed by atoms with Gasteiger partial charge in [-0.1, -0.05) is 24.3 Å². The fraction of sp³-hybridized carbons (Fsp3) is 0.273. The molecule has 27 heavy (non-hydrogen) atoms. The first-order chi connectivity index (χ1) is 12.9. The Bertz CT molecular complexity index is 929. The predicted molar refractivity (Wildman–Crippen MR) is 109 cm³/mol. The van der Waals surface area contributed by atoms with Gasteiger partial charge in [-0.05, 0) is 56.2 Å². The molecule has 1 amide bonds. The maximum atomic E-state index is 12.6. The van der Waals surface area contributed by atoms with Crippen molar-refractivity contribution in [3.05, 3.63) is 82.6 Å². The molecule has 4 nitrogen and oxygen atoms in total. The van der Waals surface area contributed by atoms with Crippen molar-refractivity contribution in [3.63, 3.8) is 0 Å². The fourth-order valence-corrected chi connectivity index (χ4v) is 3.96. The lowest BCUT2D eigenvalue weighted by Gasteiger charge is -2.15. The van der Waals surface area contributed by atoms with Crippen LogP contribution in [0, 0.1) is 20.8 Å². The maximum absolute atomic E-state index is 12.6. The number of rotatable bonds is 6. The number of pyridine rings is 1. The van der Waals surface area contributed by atoms with Gasteiger partial charge >= 0.3 is 0 Å². The van der Waals surface area contributed by atoms with Crippen LogP contribution >= 0.6 is 11.8 Å². The third-order valence-corrected chi connectivity index (χ3v) is 5.69. The van der Waals surface area contributed by atoms with Gasteiger partial charge in [0, 0.05) is 17.6 Å². The Morgan fingerprint density at radius 3 is 2.44 bits per heavy atom.